The van der Waals surface area contributed by atoms with Crippen molar-refractivity contribution in [3.05, 3.63) is 10.1 Å². The lowest BCUT2D eigenvalue weighted by atomic mass is 10.1. The van der Waals surface area contributed by atoms with Gasteiger partial charge in [0, 0.05) is 6.61 Å². The summed E-state index contributed by atoms with van der Waals surface area (Å²) in [6.07, 6.45) is 11.8. The van der Waals surface area contributed by atoms with Gasteiger partial charge < -0.3 is 10.3 Å². The van der Waals surface area contributed by atoms with E-state index in [4.69, 9.17) is 20.4 Å². The number of hydrogen-bond acceptors (Lipinski definition) is 3. The van der Waals surface area contributed by atoms with E-state index in [-0.39, 0.29) is 0 Å². The van der Waals surface area contributed by atoms with Gasteiger partial charge in [-0.2, -0.15) is 0 Å². The van der Waals surface area contributed by atoms with Crippen LogP contribution in [0.4, 0.5) is 0 Å². The van der Waals surface area contributed by atoms with Crippen LogP contribution in [0.5, 0.6) is 0 Å². The highest BCUT2D eigenvalue weighted by Gasteiger charge is 1.90. The first-order chi connectivity index (χ1) is 7.65. The van der Waals surface area contributed by atoms with Gasteiger partial charge in [0.05, 0.1) is 0 Å². The summed E-state index contributed by atoms with van der Waals surface area (Å²) in [4.78, 5) is 8.36. The Hall–Kier alpha value is -0.840. The van der Waals surface area contributed by atoms with Crippen LogP contribution in [0.15, 0.2) is 0 Å². The van der Waals surface area contributed by atoms with Crippen LogP contribution in [0.25, 0.3) is 0 Å². The van der Waals surface area contributed by atoms with Gasteiger partial charge in [0.1, 0.15) is 0 Å². The van der Waals surface area contributed by atoms with Crippen molar-refractivity contribution >= 4 is 0 Å². The zero-order valence-corrected chi connectivity index (χ0v) is 10.2. The van der Waals surface area contributed by atoms with Crippen LogP contribution in [-0.2, 0) is 0 Å². The minimum absolute atomic E-state index is 0.371. The summed E-state index contributed by atoms with van der Waals surface area (Å²) < 4.78 is 0. The number of aliphatic hydroxyl groups is 1. The van der Waals surface area contributed by atoms with Crippen LogP contribution >= 0.6 is 0 Å². The van der Waals surface area contributed by atoms with Crippen LogP contribution in [0.3, 0.4) is 0 Å². The zero-order chi connectivity index (χ0) is 12.6. The Labute approximate surface area is 97.6 Å². The highest BCUT2D eigenvalue weighted by molar-refractivity contribution is 4.45. The minimum atomic E-state index is -1.50. The number of nitrogens with zero attached hydrogens (tertiary/aromatic N) is 1. The fraction of sp³-hybridized carbons (Fsp3) is 1.00. The van der Waals surface area contributed by atoms with E-state index in [1.807, 2.05) is 0 Å². The Kier molecular flexibility index (Phi) is 18.2. The van der Waals surface area contributed by atoms with Crippen molar-refractivity contribution in [1.29, 1.82) is 0 Å². The van der Waals surface area contributed by atoms with Crippen molar-refractivity contribution in [3.63, 3.8) is 0 Å². The Morgan fingerprint density at radius 1 is 0.938 bits per heavy atom. The van der Waals surface area contributed by atoms with Gasteiger partial charge in [-0.15, -0.1) is 10.1 Å². The van der Waals surface area contributed by atoms with E-state index in [9.17, 15) is 0 Å². The molecule has 98 valence electrons. The first-order valence-electron chi connectivity index (χ1n) is 6.09. The SMILES string of the molecule is CCCCCCCCCCCO.O=[N+]([O-])O. The Balaban J connectivity index is 0. The predicted octanol–water partition coefficient (Wildman–Crippen LogP) is 3.16. The average molecular weight is 235 g/mol. The standard InChI is InChI=1S/C11H24O.HNO3/c1-2-3-4-5-6-7-8-9-10-11-12;2-1(3)4/h12H,2-11H2,1H3;(H,2,3,4). The van der Waals surface area contributed by atoms with Gasteiger partial charge in [-0.05, 0) is 6.42 Å². The number of hydrogen-bond donors (Lipinski definition) is 2. The normalized spacial score (nSPS) is 9.38. The third kappa shape index (κ3) is 29.2. The summed E-state index contributed by atoms with van der Waals surface area (Å²) >= 11 is 0. The molecule has 0 spiro atoms. The van der Waals surface area contributed by atoms with E-state index in [0.717, 1.165) is 6.42 Å². The molecule has 0 saturated carbocycles. The van der Waals surface area contributed by atoms with Crippen LogP contribution in [0, 0.1) is 10.1 Å². The molecule has 0 aromatic carbocycles. The molecule has 0 aliphatic heterocycles. The maximum atomic E-state index is 8.54. The molecule has 5 heteroatoms. The second kappa shape index (κ2) is 16.6. The summed E-state index contributed by atoms with van der Waals surface area (Å²) in [5.41, 5.74) is 0. The molecule has 0 saturated heterocycles. The largest absolute Gasteiger partial charge is 0.396 e. The second-order valence-electron chi connectivity index (χ2n) is 3.79. The van der Waals surface area contributed by atoms with Crippen molar-refractivity contribution < 1.29 is 15.4 Å². The minimum Gasteiger partial charge on any atom is -0.396 e. The summed E-state index contributed by atoms with van der Waals surface area (Å²) in [6.45, 7) is 2.62. The van der Waals surface area contributed by atoms with Gasteiger partial charge in [-0.3, -0.25) is 0 Å². The molecule has 0 heterocycles. The van der Waals surface area contributed by atoms with Gasteiger partial charge in [0.25, 0.3) is 5.09 Å². The summed E-state index contributed by atoms with van der Waals surface area (Å²) in [7, 11) is 0. The Morgan fingerprint density at radius 2 is 1.25 bits per heavy atom. The van der Waals surface area contributed by atoms with Crippen molar-refractivity contribution in [2.75, 3.05) is 6.61 Å². The molecule has 0 radical (unpaired) electrons. The Bertz CT molecular complexity index is 128. The molecule has 0 unspecified atom stereocenters. The molecule has 2 N–H and O–H groups in total. The molecular weight excluding hydrogens is 210 g/mol. The van der Waals surface area contributed by atoms with Gasteiger partial charge in [-0.25, -0.2) is 0 Å². The number of aliphatic hydroxyl groups excluding tert-OH is 1. The van der Waals surface area contributed by atoms with E-state index < -0.39 is 5.09 Å². The van der Waals surface area contributed by atoms with Gasteiger partial charge >= 0.3 is 0 Å². The van der Waals surface area contributed by atoms with E-state index in [1.165, 1.54) is 51.4 Å². The van der Waals surface area contributed by atoms with E-state index in [2.05, 4.69) is 6.92 Å². The average Bonchev–Trinajstić information content (AvgIpc) is 2.21. The summed E-state index contributed by atoms with van der Waals surface area (Å²) in [5, 5.41) is 22.2. The topological polar surface area (TPSA) is 83.6 Å². The van der Waals surface area contributed by atoms with Gasteiger partial charge in [0.2, 0.25) is 0 Å². The van der Waals surface area contributed by atoms with Gasteiger partial charge in [0.15, 0.2) is 0 Å². The molecule has 16 heavy (non-hydrogen) atoms. The highest BCUT2D eigenvalue weighted by atomic mass is 16.9. The van der Waals surface area contributed by atoms with Crippen molar-refractivity contribution in [2.45, 2.75) is 64.7 Å². The molecule has 0 atom stereocenters. The van der Waals surface area contributed by atoms with E-state index in [0.29, 0.717) is 6.61 Å². The molecular formula is C11H25NO4. The van der Waals surface area contributed by atoms with E-state index in [1.54, 1.807) is 0 Å². The lowest BCUT2D eigenvalue weighted by Crippen LogP contribution is -1.84. The van der Waals surface area contributed by atoms with Crippen molar-refractivity contribution in [1.82, 2.24) is 0 Å². The van der Waals surface area contributed by atoms with E-state index >= 15 is 0 Å². The molecule has 0 aromatic rings. The summed E-state index contributed by atoms with van der Waals surface area (Å²) in [5.74, 6) is 0. The van der Waals surface area contributed by atoms with Gasteiger partial charge in [-0.1, -0.05) is 58.3 Å². The molecule has 0 fully saturated rings. The molecule has 0 amide bonds. The lowest BCUT2D eigenvalue weighted by Gasteiger charge is -1.99. The smallest absolute Gasteiger partial charge is 0.291 e. The molecule has 0 bridgehead atoms. The van der Waals surface area contributed by atoms with Crippen molar-refractivity contribution in [2.24, 2.45) is 0 Å². The van der Waals surface area contributed by atoms with Crippen LogP contribution in [-0.4, -0.2) is 22.0 Å². The Morgan fingerprint density at radius 3 is 1.56 bits per heavy atom. The first-order valence-corrected chi connectivity index (χ1v) is 6.09. The quantitative estimate of drug-likeness (QED) is 0.365. The molecule has 0 rings (SSSR count). The predicted molar refractivity (Wildman–Crippen MR) is 63.1 cm³/mol. The maximum absolute atomic E-state index is 8.54. The fourth-order valence-electron chi connectivity index (χ4n) is 1.42. The molecule has 0 aliphatic rings. The third-order valence-electron chi connectivity index (χ3n) is 2.26. The zero-order valence-electron chi connectivity index (χ0n) is 10.2. The lowest BCUT2D eigenvalue weighted by molar-refractivity contribution is -0.742. The maximum Gasteiger partial charge on any atom is 0.291 e. The van der Waals surface area contributed by atoms with Crippen LogP contribution < -0.4 is 0 Å². The van der Waals surface area contributed by atoms with Crippen LogP contribution in [0.2, 0.25) is 0 Å². The highest BCUT2D eigenvalue weighted by Crippen LogP contribution is 2.08. The molecule has 5 nitrogen and oxygen atoms in total. The first kappa shape index (κ1) is 17.6. The number of unbranched alkanes of at least 4 members (excludes halogenated alkanes) is 8. The third-order valence-corrected chi connectivity index (χ3v) is 2.26. The molecule has 0 aromatic heterocycles. The van der Waals surface area contributed by atoms with Crippen LogP contribution in [0.1, 0.15) is 64.7 Å². The summed E-state index contributed by atoms with van der Waals surface area (Å²) in [6, 6.07) is 0. The monoisotopic (exact) mass is 235 g/mol. The van der Waals surface area contributed by atoms with Crippen molar-refractivity contribution in [3.8, 4) is 0 Å². The molecule has 0 aliphatic carbocycles. The second-order valence-corrected chi connectivity index (χ2v) is 3.79. The number of rotatable bonds is 9. The fourth-order valence-corrected chi connectivity index (χ4v) is 1.42.